The van der Waals surface area contributed by atoms with Crippen LogP contribution in [0.5, 0.6) is 28.7 Å². The molecule has 0 unspecified atom stereocenters. The van der Waals surface area contributed by atoms with Crippen LogP contribution in [-0.4, -0.2) is 6.61 Å². The van der Waals surface area contributed by atoms with Gasteiger partial charge in [-0.2, -0.15) is 0 Å². The van der Waals surface area contributed by atoms with Crippen LogP contribution in [0, 0.1) is 27.5 Å². The number of hydrogen-bond acceptors (Lipinski definition) is 3. The van der Waals surface area contributed by atoms with Gasteiger partial charge in [0.05, 0.1) is 6.61 Å². The highest BCUT2D eigenvalue weighted by Crippen LogP contribution is 2.32. The normalized spacial score (nSPS) is 16.9. The summed E-state index contributed by atoms with van der Waals surface area (Å²) < 4.78 is 86.8. The van der Waals surface area contributed by atoms with E-state index in [1.165, 1.54) is 48.5 Å². The van der Waals surface area contributed by atoms with E-state index >= 15 is 0 Å². The van der Waals surface area contributed by atoms with E-state index in [1.54, 1.807) is 19.9 Å². The highest BCUT2D eigenvalue weighted by molar-refractivity contribution is 5.45. The van der Waals surface area contributed by atoms with Gasteiger partial charge in [-0.15, -0.1) is 0 Å². The molecule has 0 fully saturated rings. The van der Waals surface area contributed by atoms with Gasteiger partial charge < -0.3 is 14.2 Å². The maximum Gasteiger partial charge on any atom is 0.131 e. The van der Waals surface area contributed by atoms with E-state index in [9.17, 15) is 0 Å². The fourth-order valence-corrected chi connectivity index (χ4v) is 2.65. The van der Waals surface area contributed by atoms with Crippen molar-refractivity contribution in [1.82, 2.24) is 0 Å². The van der Waals surface area contributed by atoms with E-state index in [0.717, 1.165) is 0 Å². The Kier molecular flexibility index (Phi) is 3.15. The van der Waals surface area contributed by atoms with Gasteiger partial charge in [-0.1, -0.05) is 6.07 Å². The zero-order valence-corrected chi connectivity index (χ0v) is 15.1. The molecule has 27 heavy (non-hydrogen) atoms. The summed E-state index contributed by atoms with van der Waals surface area (Å²) in [6, 6.07) is 12.8. The summed E-state index contributed by atoms with van der Waals surface area (Å²) >= 11 is 0. The molecule has 0 amide bonds. The second kappa shape index (κ2) is 8.17. The Bertz CT molecular complexity index is 1230. The average molecular weight is 372 g/mol. The monoisotopic (exact) mass is 371 g/mol. The number of benzene rings is 3. The minimum atomic E-state index is -2.50. The van der Waals surface area contributed by atoms with Crippen molar-refractivity contribution in [2.45, 2.75) is 34.4 Å². The van der Waals surface area contributed by atoms with Crippen LogP contribution in [0.15, 0.2) is 54.6 Å². The Hall–Kier alpha value is -2.94. The molecule has 0 aliphatic carbocycles. The third kappa shape index (κ3) is 5.27. The zero-order valence-electron chi connectivity index (χ0n) is 24.1. The SMILES string of the molecule is [2H]C([2H])([2H])c1cc(C)cc(Oc2cc(Oc3cc(OCC)cc(C([2H])([2H])[2H])c3)cc(C([2H])([2H])[2H])c2)c1. The van der Waals surface area contributed by atoms with Gasteiger partial charge in [-0.05, 0) is 93.1 Å². The van der Waals surface area contributed by atoms with Gasteiger partial charge in [0.25, 0.3) is 0 Å². The van der Waals surface area contributed by atoms with Gasteiger partial charge in [0.1, 0.15) is 28.7 Å². The van der Waals surface area contributed by atoms with Crippen LogP contribution in [0.25, 0.3) is 0 Å². The summed E-state index contributed by atoms with van der Waals surface area (Å²) in [7, 11) is 0. The second-order valence-electron chi connectivity index (χ2n) is 6.06. The Morgan fingerprint density at radius 2 is 1.00 bits per heavy atom. The Morgan fingerprint density at radius 1 is 0.593 bits per heavy atom. The quantitative estimate of drug-likeness (QED) is 0.471. The smallest absolute Gasteiger partial charge is 0.131 e. The highest BCUT2D eigenvalue weighted by atomic mass is 16.5. The molecule has 0 N–H and O–H groups in total. The first-order chi connectivity index (χ1) is 16.5. The van der Waals surface area contributed by atoms with Gasteiger partial charge in [0.15, 0.2) is 0 Å². The molecule has 0 aromatic heterocycles. The van der Waals surface area contributed by atoms with Crippen LogP contribution in [0.2, 0.25) is 0 Å². The Balaban J connectivity index is 2.04. The molecule has 140 valence electrons. The van der Waals surface area contributed by atoms with Crippen molar-refractivity contribution in [3.05, 3.63) is 76.9 Å². The van der Waals surface area contributed by atoms with E-state index in [2.05, 4.69) is 0 Å². The maximum absolute atomic E-state index is 7.83. The molecule has 0 saturated carbocycles. The van der Waals surface area contributed by atoms with E-state index in [-0.39, 0.29) is 39.7 Å². The molecule has 3 aromatic carbocycles. The fourth-order valence-electron chi connectivity index (χ4n) is 2.65. The standard InChI is InChI=1S/C24H26O3/c1-6-25-20-8-18(4)11-22(14-20)27-24-13-19(5)12-23(15-24)26-21-9-16(2)7-17(3)10-21/h7-15H,6H2,1-5H3/i2D3,4D3,5D3. The number of aryl methyl sites for hydroxylation is 4. The lowest BCUT2D eigenvalue weighted by Gasteiger charge is -2.13. The van der Waals surface area contributed by atoms with Gasteiger partial charge in [0.2, 0.25) is 0 Å². The molecule has 0 radical (unpaired) electrons. The van der Waals surface area contributed by atoms with Crippen LogP contribution in [0.3, 0.4) is 0 Å². The molecule has 3 rings (SSSR count). The Labute approximate surface area is 174 Å². The molecule has 0 aliphatic rings. The molecule has 0 saturated heterocycles. The van der Waals surface area contributed by atoms with Crippen LogP contribution in [0.1, 0.15) is 41.5 Å². The first-order valence-electron chi connectivity index (χ1n) is 13.0. The molecule has 0 spiro atoms. The predicted molar refractivity (Wildman–Crippen MR) is 110 cm³/mol. The molecule has 0 heterocycles. The largest absolute Gasteiger partial charge is 0.494 e. The van der Waals surface area contributed by atoms with Crippen molar-refractivity contribution in [1.29, 1.82) is 0 Å². The topological polar surface area (TPSA) is 27.7 Å². The summed E-state index contributed by atoms with van der Waals surface area (Å²) in [5.74, 6) is 0.852. The maximum atomic E-state index is 7.83. The lowest BCUT2D eigenvalue weighted by atomic mass is 10.1. The van der Waals surface area contributed by atoms with Crippen LogP contribution in [0.4, 0.5) is 0 Å². The predicted octanol–water partition coefficient (Wildman–Crippen LogP) is 6.90. The van der Waals surface area contributed by atoms with Gasteiger partial charge >= 0.3 is 0 Å². The molecule has 3 nitrogen and oxygen atoms in total. The van der Waals surface area contributed by atoms with E-state index < -0.39 is 20.6 Å². The van der Waals surface area contributed by atoms with Gasteiger partial charge in [-0.25, -0.2) is 0 Å². The summed E-state index contributed by atoms with van der Waals surface area (Å²) in [5, 5.41) is 0. The van der Waals surface area contributed by atoms with E-state index in [4.69, 9.17) is 26.5 Å². The fraction of sp³-hybridized carbons (Fsp3) is 0.250. The number of rotatable bonds is 6. The first kappa shape index (κ1) is 10.4. The average Bonchev–Trinajstić information content (AvgIpc) is 2.71. The molecular weight excluding hydrogens is 336 g/mol. The minimum absolute atomic E-state index is 0.00357. The minimum Gasteiger partial charge on any atom is -0.494 e. The summed E-state index contributed by atoms with van der Waals surface area (Å²) in [6.45, 7) is -3.45. The molecule has 3 aromatic rings. The van der Waals surface area contributed by atoms with E-state index in [0.29, 0.717) is 17.9 Å². The van der Waals surface area contributed by atoms with Crippen LogP contribution < -0.4 is 14.2 Å². The molecule has 0 aliphatic heterocycles. The lowest BCUT2D eigenvalue weighted by Crippen LogP contribution is -1.94. The van der Waals surface area contributed by atoms with Gasteiger partial charge in [-0.3, -0.25) is 0 Å². The first-order valence-corrected chi connectivity index (χ1v) is 8.46. The van der Waals surface area contributed by atoms with Gasteiger partial charge in [0, 0.05) is 24.5 Å². The van der Waals surface area contributed by atoms with Crippen molar-refractivity contribution in [3.8, 4) is 28.7 Å². The van der Waals surface area contributed by atoms with Crippen molar-refractivity contribution in [2.75, 3.05) is 6.61 Å². The summed E-state index contributed by atoms with van der Waals surface area (Å²) in [5.41, 5.74) is 0.678. The highest BCUT2D eigenvalue weighted by Gasteiger charge is 2.07. The van der Waals surface area contributed by atoms with Crippen LogP contribution >= 0.6 is 0 Å². The number of ether oxygens (including phenoxy) is 3. The van der Waals surface area contributed by atoms with E-state index in [1.807, 2.05) is 0 Å². The Morgan fingerprint density at radius 3 is 1.52 bits per heavy atom. The third-order valence-electron chi connectivity index (χ3n) is 3.59. The molecule has 0 bridgehead atoms. The lowest BCUT2D eigenvalue weighted by molar-refractivity contribution is 0.338. The van der Waals surface area contributed by atoms with Crippen LogP contribution in [-0.2, 0) is 0 Å². The number of hydrogen-bond donors (Lipinski definition) is 0. The second-order valence-corrected chi connectivity index (χ2v) is 6.06. The zero-order chi connectivity index (χ0) is 26.9. The van der Waals surface area contributed by atoms with Crippen molar-refractivity contribution in [2.24, 2.45) is 0 Å². The van der Waals surface area contributed by atoms with Crippen molar-refractivity contribution in [3.63, 3.8) is 0 Å². The van der Waals surface area contributed by atoms with Crippen molar-refractivity contribution < 1.29 is 26.5 Å². The van der Waals surface area contributed by atoms with Crippen molar-refractivity contribution >= 4 is 0 Å². The molecule has 3 heteroatoms. The summed E-state index contributed by atoms with van der Waals surface area (Å²) in [6.07, 6.45) is 0. The summed E-state index contributed by atoms with van der Waals surface area (Å²) in [4.78, 5) is 0. The third-order valence-corrected chi connectivity index (χ3v) is 3.59. The molecular formula is C24H26O3. The molecule has 0 atom stereocenters.